The van der Waals surface area contributed by atoms with E-state index in [2.05, 4.69) is 26.0 Å². The molecule has 7 nitrogen and oxygen atoms in total. The zero-order valence-corrected chi connectivity index (χ0v) is 21.5. The van der Waals surface area contributed by atoms with E-state index < -0.39 is 5.91 Å². The Morgan fingerprint density at radius 2 is 1.75 bits per heavy atom. The van der Waals surface area contributed by atoms with E-state index in [9.17, 15) is 9.59 Å². The summed E-state index contributed by atoms with van der Waals surface area (Å²) in [4.78, 5) is 33.7. The maximum atomic E-state index is 13.5. The fourth-order valence-electron chi connectivity index (χ4n) is 2.97. The Morgan fingerprint density at radius 3 is 2.38 bits per heavy atom. The number of pyridine rings is 1. The summed E-state index contributed by atoms with van der Waals surface area (Å²) in [7, 11) is 3.19. The number of halogens is 4. The minimum Gasteiger partial charge on any atom is -0.339 e. The molecule has 0 aliphatic carbocycles. The number of amides is 2. The molecular weight excluding hydrogens is 541 g/mol. The van der Waals surface area contributed by atoms with E-state index in [1.165, 1.54) is 39.7 Å². The number of rotatable bonds is 5. The summed E-state index contributed by atoms with van der Waals surface area (Å²) in [5.74, 6) is -0.508. The predicted octanol–water partition coefficient (Wildman–Crippen LogP) is 5.75. The Labute approximate surface area is 209 Å². The largest absolute Gasteiger partial charge is 0.339 e. The first-order chi connectivity index (χ1) is 15.0. The summed E-state index contributed by atoms with van der Waals surface area (Å²) in [5, 5.41) is 5.06. The van der Waals surface area contributed by atoms with Gasteiger partial charge in [0.2, 0.25) is 0 Å². The van der Waals surface area contributed by atoms with E-state index in [0.717, 1.165) is 0 Å². The molecule has 2 aromatic heterocycles. The molecule has 0 spiro atoms. The van der Waals surface area contributed by atoms with E-state index in [-0.39, 0.29) is 44.8 Å². The van der Waals surface area contributed by atoms with Gasteiger partial charge in [-0.15, -0.1) is 0 Å². The second kappa shape index (κ2) is 9.79. The molecule has 0 unspecified atom stereocenters. The molecule has 0 bridgehead atoms. The fraction of sp³-hybridized carbons (Fsp3) is 0.238. The summed E-state index contributed by atoms with van der Waals surface area (Å²) in [6.07, 6.45) is 1.54. The van der Waals surface area contributed by atoms with Crippen LogP contribution >= 0.6 is 50.7 Å². The molecule has 0 aliphatic heterocycles. The number of hydrogen-bond donors (Lipinski definition) is 0. The van der Waals surface area contributed by atoms with Crippen molar-refractivity contribution in [1.82, 2.24) is 19.7 Å². The second-order valence-electron chi connectivity index (χ2n) is 7.23. The van der Waals surface area contributed by atoms with Crippen LogP contribution in [0.3, 0.4) is 0 Å². The van der Waals surface area contributed by atoms with Crippen molar-refractivity contribution in [2.75, 3.05) is 19.0 Å². The Kier molecular flexibility index (Phi) is 7.50. The van der Waals surface area contributed by atoms with Gasteiger partial charge in [-0.1, -0.05) is 34.8 Å². The third kappa shape index (κ3) is 4.78. The van der Waals surface area contributed by atoms with Crippen molar-refractivity contribution >= 4 is 68.2 Å². The normalized spacial score (nSPS) is 11.0. The van der Waals surface area contributed by atoms with Gasteiger partial charge in [0.1, 0.15) is 10.3 Å². The van der Waals surface area contributed by atoms with Gasteiger partial charge in [0.25, 0.3) is 11.8 Å². The van der Waals surface area contributed by atoms with Crippen LogP contribution in [0.4, 0.5) is 5.69 Å². The number of carbonyl (C=O) groups is 2. The van der Waals surface area contributed by atoms with E-state index in [1.807, 2.05) is 13.8 Å². The van der Waals surface area contributed by atoms with Crippen LogP contribution in [0.5, 0.6) is 0 Å². The first-order valence-electron chi connectivity index (χ1n) is 9.43. The topological polar surface area (TPSA) is 71.3 Å². The Balaban J connectivity index is 2.12. The third-order valence-corrected chi connectivity index (χ3v) is 6.02. The van der Waals surface area contributed by atoms with E-state index in [0.29, 0.717) is 9.63 Å². The molecule has 32 heavy (non-hydrogen) atoms. The summed E-state index contributed by atoms with van der Waals surface area (Å²) in [6, 6.07) is 7.77. The maximum absolute atomic E-state index is 13.5. The van der Waals surface area contributed by atoms with Crippen molar-refractivity contribution in [3.8, 4) is 5.82 Å². The highest BCUT2D eigenvalue weighted by molar-refractivity contribution is 9.10. The van der Waals surface area contributed by atoms with Crippen LogP contribution in [0.25, 0.3) is 5.82 Å². The number of anilines is 1. The van der Waals surface area contributed by atoms with Crippen molar-refractivity contribution in [2.24, 2.45) is 0 Å². The van der Waals surface area contributed by atoms with Gasteiger partial charge < -0.3 is 9.80 Å². The quantitative estimate of drug-likeness (QED) is 0.399. The minimum absolute atomic E-state index is 0.0715. The van der Waals surface area contributed by atoms with Crippen LogP contribution in [-0.2, 0) is 0 Å². The van der Waals surface area contributed by atoms with Gasteiger partial charge in [-0.3, -0.25) is 9.59 Å². The fourth-order valence-corrected chi connectivity index (χ4v) is 4.16. The lowest BCUT2D eigenvalue weighted by atomic mass is 10.1. The van der Waals surface area contributed by atoms with Crippen LogP contribution in [-0.4, -0.2) is 51.6 Å². The molecule has 0 atom stereocenters. The first kappa shape index (κ1) is 24.5. The van der Waals surface area contributed by atoms with Gasteiger partial charge in [0, 0.05) is 37.4 Å². The van der Waals surface area contributed by atoms with E-state index in [4.69, 9.17) is 34.8 Å². The SMILES string of the molecule is CC(C)N(C)C(=O)c1cc(Cl)cc(Cl)c1N(C)C(=O)c1cc(Br)nn1-c1ncccc1Cl. The Hall–Kier alpha value is -2.13. The minimum atomic E-state index is -0.476. The number of nitrogens with zero attached hydrogens (tertiary/aromatic N) is 5. The third-order valence-electron chi connectivity index (χ3n) is 4.83. The van der Waals surface area contributed by atoms with Crippen LogP contribution in [0.15, 0.2) is 41.1 Å². The van der Waals surface area contributed by atoms with Gasteiger partial charge in [0.15, 0.2) is 5.82 Å². The summed E-state index contributed by atoms with van der Waals surface area (Å²) in [6.45, 7) is 3.76. The molecule has 0 N–H and O–H groups in total. The highest BCUT2D eigenvalue weighted by Gasteiger charge is 2.28. The number of carbonyl (C=O) groups excluding carboxylic acids is 2. The van der Waals surface area contributed by atoms with E-state index in [1.54, 1.807) is 25.4 Å². The predicted molar refractivity (Wildman–Crippen MR) is 130 cm³/mol. The van der Waals surface area contributed by atoms with E-state index >= 15 is 0 Å². The molecule has 11 heteroatoms. The standard InChI is InChI=1S/C21H19BrCl3N5O2/c1-11(2)28(3)20(31)13-8-12(23)9-15(25)18(13)29(4)21(32)16-10-17(22)27-30(16)19-14(24)6-5-7-26-19/h5-11H,1-4H3. The summed E-state index contributed by atoms with van der Waals surface area (Å²) in [5.41, 5.74) is 0.603. The molecule has 0 fully saturated rings. The number of aromatic nitrogens is 3. The number of benzene rings is 1. The molecule has 1 aromatic carbocycles. The molecule has 3 aromatic rings. The Bertz CT molecular complexity index is 1200. The zero-order valence-electron chi connectivity index (χ0n) is 17.6. The van der Waals surface area contributed by atoms with Crippen LogP contribution in [0.2, 0.25) is 15.1 Å². The molecule has 2 heterocycles. The average Bonchev–Trinajstić information content (AvgIpc) is 3.12. The zero-order chi connectivity index (χ0) is 23.7. The van der Waals surface area contributed by atoms with Crippen molar-refractivity contribution < 1.29 is 9.59 Å². The van der Waals surface area contributed by atoms with Gasteiger partial charge in [0.05, 0.1) is 21.3 Å². The summed E-state index contributed by atoms with van der Waals surface area (Å²) < 4.78 is 1.74. The molecule has 168 valence electrons. The van der Waals surface area contributed by atoms with Gasteiger partial charge in [-0.05, 0) is 54.0 Å². The van der Waals surface area contributed by atoms with Crippen LogP contribution in [0, 0.1) is 0 Å². The van der Waals surface area contributed by atoms with Crippen LogP contribution in [0.1, 0.15) is 34.7 Å². The second-order valence-corrected chi connectivity index (χ2v) is 9.29. The maximum Gasteiger partial charge on any atom is 0.276 e. The molecule has 0 aliphatic rings. The van der Waals surface area contributed by atoms with Crippen molar-refractivity contribution in [3.63, 3.8) is 0 Å². The van der Waals surface area contributed by atoms with Crippen molar-refractivity contribution in [2.45, 2.75) is 19.9 Å². The Morgan fingerprint density at radius 1 is 1.06 bits per heavy atom. The molecule has 0 saturated heterocycles. The van der Waals surface area contributed by atoms with Gasteiger partial charge in [-0.2, -0.15) is 5.10 Å². The van der Waals surface area contributed by atoms with Crippen molar-refractivity contribution in [1.29, 1.82) is 0 Å². The summed E-state index contributed by atoms with van der Waals surface area (Å²) >= 11 is 22.2. The smallest absolute Gasteiger partial charge is 0.276 e. The van der Waals surface area contributed by atoms with Gasteiger partial charge in [-0.25, -0.2) is 9.67 Å². The van der Waals surface area contributed by atoms with Gasteiger partial charge >= 0.3 is 0 Å². The highest BCUT2D eigenvalue weighted by Crippen LogP contribution is 2.35. The average molecular weight is 560 g/mol. The lowest BCUT2D eigenvalue weighted by Crippen LogP contribution is -2.36. The lowest BCUT2D eigenvalue weighted by molar-refractivity contribution is 0.0755. The highest BCUT2D eigenvalue weighted by atomic mass is 79.9. The molecule has 3 rings (SSSR count). The number of hydrogen-bond acceptors (Lipinski definition) is 4. The molecule has 2 amide bonds. The van der Waals surface area contributed by atoms with Crippen LogP contribution < -0.4 is 4.90 Å². The first-order valence-corrected chi connectivity index (χ1v) is 11.4. The lowest BCUT2D eigenvalue weighted by Gasteiger charge is -2.26. The molecule has 0 radical (unpaired) electrons. The molecular formula is C21H19BrCl3N5O2. The molecule has 0 saturated carbocycles. The van der Waals surface area contributed by atoms with Crippen molar-refractivity contribution in [3.05, 3.63) is 67.5 Å². The monoisotopic (exact) mass is 557 g/mol.